The summed E-state index contributed by atoms with van der Waals surface area (Å²) in [4.78, 5) is 17.1. The number of ether oxygens (including phenoxy) is 3. The number of aromatic amines is 1. The molecule has 1 aromatic heterocycles. The van der Waals surface area contributed by atoms with Gasteiger partial charge in [0.15, 0.2) is 17.3 Å². The van der Waals surface area contributed by atoms with E-state index in [-0.39, 0.29) is 18.1 Å². The molecule has 1 unspecified atom stereocenters. The van der Waals surface area contributed by atoms with Gasteiger partial charge in [-0.1, -0.05) is 11.6 Å². The number of nitrogens with one attached hydrogen (secondary N) is 1. The fourth-order valence-electron chi connectivity index (χ4n) is 3.28. The normalized spacial score (nSPS) is 12.6. The quantitative estimate of drug-likeness (QED) is 0.314. The largest absolute Gasteiger partial charge is 0.493 e. The standard InChI is InChI=1S/C24H27NO6S/c1-14-5-6-19-18(7-14)16(11-25-19)10-22(32-13-17(27)12-26)23(28)15-8-20(29-2)24(31-4)21(9-15)30-3/h5-11,17,25-27H,12-13H2,1-4H3. The van der Waals surface area contributed by atoms with E-state index in [1.54, 1.807) is 18.2 Å². The van der Waals surface area contributed by atoms with Crippen LogP contribution in [0.4, 0.5) is 0 Å². The van der Waals surface area contributed by atoms with Crippen LogP contribution in [0, 0.1) is 6.92 Å². The van der Waals surface area contributed by atoms with Gasteiger partial charge in [-0.15, -0.1) is 11.8 Å². The maximum absolute atomic E-state index is 13.5. The highest BCUT2D eigenvalue weighted by atomic mass is 32.2. The van der Waals surface area contributed by atoms with Gasteiger partial charge in [-0.3, -0.25) is 4.79 Å². The summed E-state index contributed by atoms with van der Waals surface area (Å²) in [5, 5.41) is 20.0. The van der Waals surface area contributed by atoms with Crippen molar-refractivity contribution in [2.45, 2.75) is 13.0 Å². The van der Waals surface area contributed by atoms with E-state index in [1.165, 1.54) is 33.1 Å². The van der Waals surface area contributed by atoms with Crippen LogP contribution in [0.2, 0.25) is 0 Å². The molecule has 3 aromatic rings. The number of benzene rings is 2. The molecule has 0 radical (unpaired) electrons. The number of aryl methyl sites for hydroxylation is 1. The predicted molar refractivity (Wildman–Crippen MR) is 127 cm³/mol. The first-order valence-corrected chi connectivity index (χ1v) is 11.0. The number of ketones is 1. The number of thioether (sulfide) groups is 1. The average Bonchev–Trinajstić information content (AvgIpc) is 3.21. The molecule has 3 N–H and O–H groups in total. The van der Waals surface area contributed by atoms with Gasteiger partial charge in [0.25, 0.3) is 0 Å². The zero-order valence-corrected chi connectivity index (χ0v) is 19.3. The molecule has 0 spiro atoms. The molecule has 0 fully saturated rings. The number of aliphatic hydroxyl groups is 2. The lowest BCUT2D eigenvalue weighted by Gasteiger charge is -2.15. The fourth-order valence-corrected chi connectivity index (χ4v) is 4.22. The molecule has 0 aliphatic carbocycles. The van der Waals surface area contributed by atoms with Crippen LogP contribution < -0.4 is 14.2 Å². The van der Waals surface area contributed by atoms with Crippen LogP contribution in [0.1, 0.15) is 21.5 Å². The van der Waals surface area contributed by atoms with E-state index in [9.17, 15) is 15.0 Å². The zero-order chi connectivity index (χ0) is 23.3. The van der Waals surface area contributed by atoms with Gasteiger partial charge in [0.1, 0.15) is 0 Å². The molecule has 1 atom stereocenters. The molecule has 3 rings (SSSR count). The Hall–Kier alpha value is -2.94. The van der Waals surface area contributed by atoms with Crippen molar-refractivity contribution in [2.24, 2.45) is 0 Å². The number of aliphatic hydroxyl groups excluding tert-OH is 2. The molecule has 8 heteroatoms. The van der Waals surface area contributed by atoms with Crippen LogP contribution in [0.25, 0.3) is 17.0 Å². The lowest BCUT2D eigenvalue weighted by Crippen LogP contribution is -2.16. The minimum atomic E-state index is -0.943. The summed E-state index contributed by atoms with van der Waals surface area (Å²) in [5.41, 5.74) is 3.27. The van der Waals surface area contributed by atoms with E-state index in [4.69, 9.17) is 14.2 Å². The summed E-state index contributed by atoms with van der Waals surface area (Å²) in [6.07, 6.45) is 2.69. The number of hydrogen-bond acceptors (Lipinski definition) is 7. The molecule has 0 saturated heterocycles. The van der Waals surface area contributed by atoms with Crippen LogP contribution in [0.3, 0.4) is 0 Å². The molecule has 0 aliphatic heterocycles. The number of Topliss-reactive ketones (excluding diaryl/α,β-unsaturated/α-hetero) is 1. The fraction of sp³-hybridized carbons (Fsp3) is 0.292. The van der Waals surface area contributed by atoms with Gasteiger partial charge in [-0.2, -0.15) is 0 Å². The molecule has 1 heterocycles. The Bertz CT molecular complexity index is 1110. The summed E-state index contributed by atoms with van der Waals surface area (Å²) in [5.74, 6) is 1.05. The van der Waals surface area contributed by atoms with Crippen molar-refractivity contribution in [1.82, 2.24) is 4.98 Å². The van der Waals surface area contributed by atoms with Crippen molar-refractivity contribution < 1.29 is 29.2 Å². The van der Waals surface area contributed by atoms with Crippen LogP contribution in [-0.4, -0.2) is 60.8 Å². The monoisotopic (exact) mass is 457 g/mol. The van der Waals surface area contributed by atoms with Crippen LogP contribution in [0.15, 0.2) is 41.4 Å². The molecule has 0 bridgehead atoms. The number of carbonyl (C=O) groups is 1. The number of carbonyl (C=O) groups excluding carboxylic acids is 1. The van der Waals surface area contributed by atoms with E-state index in [1.807, 2.05) is 31.3 Å². The number of methoxy groups -OCH3 is 3. The zero-order valence-electron chi connectivity index (χ0n) is 18.5. The maximum atomic E-state index is 13.5. The van der Waals surface area contributed by atoms with E-state index in [0.29, 0.717) is 27.7 Å². The first kappa shape index (κ1) is 23.7. The summed E-state index contributed by atoms with van der Waals surface area (Å²) in [7, 11) is 4.48. The number of allylic oxidation sites excluding steroid dienone is 1. The summed E-state index contributed by atoms with van der Waals surface area (Å²) >= 11 is 1.18. The lowest BCUT2D eigenvalue weighted by molar-refractivity contribution is 0.104. The number of rotatable bonds is 10. The second-order valence-electron chi connectivity index (χ2n) is 7.19. The molecule has 0 aliphatic rings. The number of H-pyrrole nitrogens is 1. The third-order valence-electron chi connectivity index (χ3n) is 4.95. The molecule has 2 aromatic carbocycles. The third-order valence-corrected chi connectivity index (χ3v) is 6.11. The molecule has 170 valence electrons. The van der Waals surface area contributed by atoms with Crippen molar-refractivity contribution in [3.05, 3.63) is 58.1 Å². The smallest absolute Gasteiger partial charge is 0.203 e. The van der Waals surface area contributed by atoms with Gasteiger partial charge in [0.2, 0.25) is 5.75 Å². The van der Waals surface area contributed by atoms with Gasteiger partial charge in [-0.25, -0.2) is 0 Å². The Morgan fingerprint density at radius 1 is 1.12 bits per heavy atom. The lowest BCUT2D eigenvalue weighted by atomic mass is 10.1. The highest BCUT2D eigenvalue weighted by Crippen LogP contribution is 2.39. The van der Waals surface area contributed by atoms with Gasteiger partial charge in [0.05, 0.1) is 38.9 Å². The predicted octanol–water partition coefficient (Wildman–Crippen LogP) is 3.81. The first-order chi connectivity index (χ1) is 15.4. The Morgan fingerprint density at radius 3 is 2.41 bits per heavy atom. The molecular weight excluding hydrogens is 430 g/mol. The van der Waals surface area contributed by atoms with Crippen LogP contribution in [-0.2, 0) is 0 Å². The van der Waals surface area contributed by atoms with Crippen molar-refractivity contribution in [3.8, 4) is 17.2 Å². The van der Waals surface area contributed by atoms with Gasteiger partial charge in [-0.05, 0) is 37.3 Å². The Kier molecular flexibility index (Phi) is 7.84. The van der Waals surface area contributed by atoms with Gasteiger partial charge in [0, 0.05) is 34.0 Å². The Labute approximate surface area is 191 Å². The van der Waals surface area contributed by atoms with Gasteiger partial charge < -0.3 is 29.4 Å². The molecule has 0 saturated carbocycles. The maximum Gasteiger partial charge on any atom is 0.203 e. The number of hydrogen-bond donors (Lipinski definition) is 3. The van der Waals surface area contributed by atoms with Crippen molar-refractivity contribution in [1.29, 1.82) is 0 Å². The number of fused-ring (bicyclic) bond motifs is 1. The first-order valence-electron chi connectivity index (χ1n) is 9.97. The second-order valence-corrected chi connectivity index (χ2v) is 8.25. The molecule has 7 nitrogen and oxygen atoms in total. The van der Waals surface area contributed by atoms with Crippen LogP contribution >= 0.6 is 11.8 Å². The SMILES string of the molecule is COc1cc(C(=O)C(=Cc2c[nH]c3ccc(C)cc23)SCC(O)CO)cc(OC)c1OC. The average molecular weight is 458 g/mol. The van der Waals surface area contributed by atoms with E-state index >= 15 is 0 Å². The topological polar surface area (TPSA) is 101 Å². The highest BCUT2D eigenvalue weighted by molar-refractivity contribution is 8.04. The minimum absolute atomic E-state index is 0.167. The summed E-state index contributed by atoms with van der Waals surface area (Å²) in [6.45, 7) is 1.62. The van der Waals surface area contributed by atoms with E-state index < -0.39 is 6.10 Å². The Balaban J connectivity index is 2.08. The van der Waals surface area contributed by atoms with Crippen molar-refractivity contribution in [2.75, 3.05) is 33.7 Å². The highest BCUT2D eigenvalue weighted by Gasteiger charge is 2.21. The van der Waals surface area contributed by atoms with Crippen molar-refractivity contribution >= 4 is 34.5 Å². The van der Waals surface area contributed by atoms with Gasteiger partial charge >= 0.3 is 0 Å². The Morgan fingerprint density at radius 2 is 1.81 bits per heavy atom. The molecule has 0 amide bonds. The van der Waals surface area contributed by atoms with Crippen molar-refractivity contribution in [3.63, 3.8) is 0 Å². The summed E-state index contributed by atoms with van der Waals surface area (Å²) < 4.78 is 16.1. The third kappa shape index (κ3) is 5.09. The molecule has 32 heavy (non-hydrogen) atoms. The second kappa shape index (κ2) is 10.6. The summed E-state index contributed by atoms with van der Waals surface area (Å²) in [6, 6.07) is 9.25. The van der Waals surface area contributed by atoms with E-state index in [0.717, 1.165) is 22.0 Å². The number of aromatic nitrogens is 1. The van der Waals surface area contributed by atoms with E-state index in [2.05, 4.69) is 4.98 Å². The molecular formula is C24H27NO6S. The van der Waals surface area contributed by atoms with Crippen LogP contribution in [0.5, 0.6) is 17.2 Å². The minimum Gasteiger partial charge on any atom is -0.493 e.